The van der Waals surface area contributed by atoms with Gasteiger partial charge in [0.15, 0.2) is 0 Å². The van der Waals surface area contributed by atoms with Crippen LogP contribution in [0.2, 0.25) is 0 Å². The van der Waals surface area contributed by atoms with Gasteiger partial charge in [-0.2, -0.15) is 0 Å². The van der Waals surface area contributed by atoms with E-state index < -0.39 is 0 Å². The molecule has 68 valence electrons. The molecule has 0 aromatic carbocycles. The number of rotatable bonds is 3. The summed E-state index contributed by atoms with van der Waals surface area (Å²) < 4.78 is 0. The molecule has 2 heteroatoms. The van der Waals surface area contributed by atoms with E-state index in [1.165, 1.54) is 19.4 Å². The fraction of sp³-hybridized carbons (Fsp3) is 0.800. The molecule has 1 unspecified atom stereocenters. The van der Waals surface area contributed by atoms with E-state index in [9.17, 15) is 0 Å². The van der Waals surface area contributed by atoms with Gasteiger partial charge in [-0.05, 0) is 25.9 Å². The third-order valence-electron chi connectivity index (χ3n) is 2.45. The molecule has 1 heterocycles. The van der Waals surface area contributed by atoms with Crippen LogP contribution in [-0.4, -0.2) is 37.1 Å². The van der Waals surface area contributed by atoms with E-state index >= 15 is 0 Å². The molecule has 1 aliphatic heterocycles. The van der Waals surface area contributed by atoms with Gasteiger partial charge >= 0.3 is 0 Å². The molecule has 0 aromatic rings. The maximum atomic E-state index is 5.19. The van der Waals surface area contributed by atoms with Crippen molar-refractivity contribution in [3.8, 4) is 12.3 Å². The van der Waals surface area contributed by atoms with E-state index in [-0.39, 0.29) is 0 Å². The molecule has 1 fully saturated rings. The van der Waals surface area contributed by atoms with Gasteiger partial charge < -0.3 is 10.2 Å². The first-order valence-corrected chi connectivity index (χ1v) is 4.76. The Morgan fingerprint density at radius 1 is 1.67 bits per heavy atom. The van der Waals surface area contributed by atoms with Gasteiger partial charge in [0.05, 0.1) is 6.54 Å². The molecular formula is C10H18N2. The summed E-state index contributed by atoms with van der Waals surface area (Å²) >= 11 is 0. The van der Waals surface area contributed by atoms with Gasteiger partial charge in [0.1, 0.15) is 0 Å². The van der Waals surface area contributed by atoms with E-state index in [2.05, 4.69) is 23.1 Å². The van der Waals surface area contributed by atoms with Crippen LogP contribution in [0.3, 0.4) is 0 Å². The van der Waals surface area contributed by atoms with Crippen molar-refractivity contribution in [1.82, 2.24) is 10.2 Å². The zero-order chi connectivity index (χ0) is 8.81. The molecule has 0 radical (unpaired) electrons. The van der Waals surface area contributed by atoms with E-state index in [4.69, 9.17) is 6.42 Å². The summed E-state index contributed by atoms with van der Waals surface area (Å²) in [7, 11) is 0. The first kappa shape index (κ1) is 9.57. The first-order valence-electron chi connectivity index (χ1n) is 4.76. The van der Waals surface area contributed by atoms with Crippen molar-refractivity contribution < 1.29 is 0 Å². The van der Waals surface area contributed by atoms with Crippen molar-refractivity contribution in [2.24, 2.45) is 0 Å². The number of hydrogen-bond donors (Lipinski definition) is 1. The average molecular weight is 166 g/mol. The number of likely N-dealkylation sites (N-methyl/N-ethyl adjacent to an activating group) is 1. The van der Waals surface area contributed by atoms with Gasteiger partial charge in [-0.25, -0.2) is 0 Å². The summed E-state index contributed by atoms with van der Waals surface area (Å²) in [5, 5.41) is 3.36. The molecule has 0 bridgehead atoms. The highest BCUT2D eigenvalue weighted by Crippen LogP contribution is 2.08. The van der Waals surface area contributed by atoms with E-state index in [1.54, 1.807) is 0 Å². The summed E-state index contributed by atoms with van der Waals surface area (Å²) in [5.41, 5.74) is 0. The van der Waals surface area contributed by atoms with Gasteiger partial charge in [-0.3, -0.25) is 0 Å². The van der Waals surface area contributed by atoms with Crippen molar-refractivity contribution >= 4 is 0 Å². The van der Waals surface area contributed by atoms with Crippen molar-refractivity contribution in [3.63, 3.8) is 0 Å². The molecule has 0 aromatic heterocycles. The fourth-order valence-electron chi connectivity index (χ4n) is 1.71. The normalized spacial score (nSPS) is 25.2. The monoisotopic (exact) mass is 166 g/mol. The minimum atomic E-state index is 0.620. The predicted octanol–water partition coefficient (Wildman–Crippen LogP) is 0.694. The lowest BCUT2D eigenvalue weighted by Crippen LogP contribution is -2.45. The molecule has 0 spiro atoms. The maximum absolute atomic E-state index is 5.19. The molecule has 1 saturated heterocycles. The van der Waals surface area contributed by atoms with Crippen LogP contribution in [0.4, 0.5) is 0 Å². The largest absolute Gasteiger partial charge is 0.302 e. The summed E-state index contributed by atoms with van der Waals surface area (Å²) in [4.78, 5) is 2.47. The molecular weight excluding hydrogens is 148 g/mol. The second-order valence-electron chi connectivity index (χ2n) is 3.32. The Balaban J connectivity index is 2.22. The molecule has 2 nitrogen and oxygen atoms in total. The fourth-order valence-corrected chi connectivity index (χ4v) is 1.71. The van der Waals surface area contributed by atoms with Crippen LogP contribution in [-0.2, 0) is 0 Å². The summed E-state index contributed by atoms with van der Waals surface area (Å²) in [5.74, 6) is 2.62. The number of terminal acetylenes is 1. The molecule has 0 aliphatic carbocycles. The van der Waals surface area contributed by atoms with Crippen molar-refractivity contribution in [3.05, 3.63) is 0 Å². The van der Waals surface area contributed by atoms with Crippen LogP contribution in [0.15, 0.2) is 0 Å². The Kier molecular flexibility index (Phi) is 4.13. The van der Waals surface area contributed by atoms with Gasteiger partial charge in [0.2, 0.25) is 0 Å². The Morgan fingerprint density at radius 3 is 3.17 bits per heavy atom. The highest BCUT2D eigenvalue weighted by atomic mass is 15.2. The highest BCUT2D eigenvalue weighted by Gasteiger charge is 2.16. The summed E-state index contributed by atoms with van der Waals surface area (Å²) in [6.07, 6.45) is 7.76. The van der Waals surface area contributed by atoms with E-state index in [1.807, 2.05) is 0 Å². The van der Waals surface area contributed by atoms with Gasteiger partial charge in [0, 0.05) is 12.6 Å². The maximum Gasteiger partial charge on any atom is 0.0576 e. The molecule has 1 N–H and O–H groups in total. The Bertz CT molecular complexity index is 160. The molecule has 0 saturated carbocycles. The van der Waals surface area contributed by atoms with Crippen molar-refractivity contribution in [2.45, 2.75) is 25.8 Å². The van der Waals surface area contributed by atoms with Gasteiger partial charge in [0.25, 0.3) is 0 Å². The van der Waals surface area contributed by atoms with Gasteiger partial charge in [-0.15, -0.1) is 6.42 Å². The van der Waals surface area contributed by atoms with E-state index in [0.29, 0.717) is 12.6 Å². The van der Waals surface area contributed by atoms with Gasteiger partial charge in [-0.1, -0.05) is 12.8 Å². The third kappa shape index (κ3) is 2.84. The lowest BCUT2D eigenvalue weighted by molar-refractivity contribution is 0.202. The number of nitrogens with one attached hydrogen (secondary N) is 1. The molecule has 0 amide bonds. The Hall–Kier alpha value is -0.520. The quantitative estimate of drug-likeness (QED) is 0.621. The molecule has 1 rings (SSSR count). The van der Waals surface area contributed by atoms with Crippen LogP contribution in [0.25, 0.3) is 0 Å². The highest BCUT2D eigenvalue weighted by molar-refractivity contribution is 4.89. The second-order valence-corrected chi connectivity index (χ2v) is 3.32. The summed E-state index contributed by atoms with van der Waals surface area (Å²) in [6, 6.07) is 0.620. The van der Waals surface area contributed by atoms with Crippen LogP contribution in [0.1, 0.15) is 19.8 Å². The smallest absolute Gasteiger partial charge is 0.0576 e. The third-order valence-corrected chi connectivity index (χ3v) is 2.45. The molecule has 1 atom stereocenters. The zero-order valence-corrected chi connectivity index (χ0v) is 7.84. The van der Waals surface area contributed by atoms with Crippen LogP contribution in [0, 0.1) is 12.3 Å². The minimum Gasteiger partial charge on any atom is -0.302 e. The molecule has 12 heavy (non-hydrogen) atoms. The lowest BCUT2D eigenvalue weighted by Gasteiger charge is -2.31. The van der Waals surface area contributed by atoms with Crippen molar-refractivity contribution in [1.29, 1.82) is 0 Å². The Morgan fingerprint density at radius 2 is 2.50 bits per heavy atom. The molecule has 1 aliphatic rings. The minimum absolute atomic E-state index is 0.620. The SMILES string of the molecule is C#CCNC1CCCN(CC)C1. The van der Waals surface area contributed by atoms with Crippen molar-refractivity contribution in [2.75, 3.05) is 26.2 Å². The topological polar surface area (TPSA) is 15.3 Å². The number of likely N-dealkylation sites (tertiary alicyclic amines) is 1. The first-order chi connectivity index (χ1) is 5.86. The average Bonchev–Trinajstić information content (AvgIpc) is 2.15. The second kappa shape index (κ2) is 5.18. The van der Waals surface area contributed by atoms with Crippen LogP contribution in [0.5, 0.6) is 0 Å². The number of nitrogens with zero attached hydrogens (tertiary/aromatic N) is 1. The van der Waals surface area contributed by atoms with E-state index in [0.717, 1.165) is 13.1 Å². The van der Waals surface area contributed by atoms with Crippen LogP contribution >= 0.6 is 0 Å². The Labute approximate surface area is 75.3 Å². The zero-order valence-electron chi connectivity index (χ0n) is 7.84. The number of piperidine rings is 1. The standard InChI is InChI=1S/C10H18N2/c1-3-7-11-10-6-5-8-12(4-2)9-10/h1,10-11H,4-9H2,2H3. The summed E-state index contributed by atoms with van der Waals surface area (Å²) in [6.45, 7) is 6.50. The van der Waals surface area contributed by atoms with Crippen LogP contribution < -0.4 is 5.32 Å². The number of hydrogen-bond acceptors (Lipinski definition) is 2. The lowest BCUT2D eigenvalue weighted by atomic mass is 10.1. The predicted molar refractivity (Wildman–Crippen MR) is 52.0 cm³/mol.